The summed E-state index contributed by atoms with van der Waals surface area (Å²) < 4.78 is 33.2. The summed E-state index contributed by atoms with van der Waals surface area (Å²) in [5, 5.41) is 5.71. The highest BCUT2D eigenvalue weighted by molar-refractivity contribution is 7.13. The molecular weight excluding hydrogens is 740 g/mol. The van der Waals surface area contributed by atoms with Gasteiger partial charge in [-0.15, -0.1) is 11.3 Å². The van der Waals surface area contributed by atoms with E-state index in [1.807, 2.05) is 51.4 Å². The van der Waals surface area contributed by atoms with Crippen LogP contribution in [-0.2, 0) is 34.9 Å². The Morgan fingerprint density at radius 1 is 1.07 bits per heavy atom. The van der Waals surface area contributed by atoms with Gasteiger partial charge in [-0.2, -0.15) is 0 Å². The molecule has 1 aromatic heterocycles. The highest BCUT2D eigenvalue weighted by Gasteiger charge is 2.54. The summed E-state index contributed by atoms with van der Waals surface area (Å²) in [6.45, 7) is 19.8. The number of aryl methyl sites for hydroxylation is 1. The smallest absolute Gasteiger partial charge is 0.258 e. The predicted octanol–water partition coefficient (Wildman–Crippen LogP) is 7.30. The van der Waals surface area contributed by atoms with Crippen molar-refractivity contribution in [2.24, 2.45) is 5.41 Å². The van der Waals surface area contributed by atoms with Gasteiger partial charge >= 0.3 is 0 Å². The van der Waals surface area contributed by atoms with Gasteiger partial charge in [0.15, 0.2) is 14.0 Å². The number of hydrogen-bond acceptors (Lipinski definition) is 9. The number of nitrogens with one attached hydrogen (secondary N) is 2. The highest BCUT2D eigenvalue weighted by atomic mass is 32.1. The number of unbranched alkanes of at least 4 members (excludes halogenated alkanes) is 4. The van der Waals surface area contributed by atoms with Crippen molar-refractivity contribution in [3.63, 3.8) is 0 Å². The second-order valence-electron chi connectivity index (χ2n) is 17.6. The Balaban J connectivity index is 1.50. The number of nitrogens with zero attached hydrogens (tertiary/aromatic N) is 2. The number of benzene rings is 1. The van der Waals surface area contributed by atoms with Crippen molar-refractivity contribution in [3.05, 3.63) is 35.0 Å². The lowest BCUT2D eigenvalue weighted by molar-refractivity contribution is -0.145. The Morgan fingerprint density at radius 3 is 2.35 bits per heavy atom. The number of alkyl halides is 1. The van der Waals surface area contributed by atoms with Crippen LogP contribution in [0.5, 0.6) is 5.75 Å². The van der Waals surface area contributed by atoms with Gasteiger partial charge in [0.2, 0.25) is 11.8 Å². The monoisotopic (exact) mass is 802 g/mol. The van der Waals surface area contributed by atoms with Crippen molar-refractivity contribution < 1.29 is 37.5 Å². The summed E-state index contributed by atoms with van der Waals surface area (Å²) in [6.07, 6.45) is 5.75. The zero-order valence-electron chi connectivity index (χ0n) is 34.3. The van der Waals surface area contributed by atoms with Gasteiger partial charge in [0.05, 0.1) is 28.8 Å². The fourth-order valence-corrected chi connectivity index (χ4v) is 8.55. The van der Waals surface area contributed by atoms with Crippen LogP contribution < -0.4 is 15.4 Å². The molecule has 3 atom stereocenters. The van der Waals surface area contributed by atoms with E-state index < -0.39 is 43.3 Å². The maximum absolute atomic E-state index is 14.8. The molecule has 0 radical (unpaired) electrons. The molecule has 1 aromatic carbocycles. The Morgan fingerprint density at radius 2 is 1.75 bits per heavy atom. The molecule has 306 valence electrons. The van der Waals surface area contributed by atoms with Crippen LogP contribution in [0.3, 0.4) is 0 Å². The molecule has 1 saturated carbocycles. The van der Waals surface area contributed by atoms with Crippen LogP contribution in [0, 0.1) is 12.3 Å². The molecule has 2 fully saturated rings. The Bertz CT molecular complexity index is 1630. The molecule has 1 aliphatic carbocycles. The van der Waals surface area contributed by atoms with Gasteiger partial charge in [-0.3, -0.25) is 14.4 Å². The van der Waals surface area contributed by atoms with Crippen LogP contribution in [0.2, 0.25) is 18.1 Å². The topological polar surface area (TPSA) is 136 Å². The number of halogens is 1. The minimum absolute atomic E-state index is 0.0866. The summed E-state index contributed by atoms with van der Waals surface area (Å²) in [6, 6.07) is 4.07. The molecule has 0 spiro atoms. The molecule has 3 amide bonds. The van der Waals surface area contributed by atoms with E-state index in [0.717, 1.165) is 60.1 Å². The first kappa shape index (κ1) is 44.5. The summed E-state index contributed by atoms with van der Waals surface area (Å²) in [4.78, 5) is 58.9. The Kier molecular flexibility index (Phi) is 15.2. The highest BCUT2D eigenvalue weighted by Crippen LogP contribution is 2.41. The summed E-state index contributed by atoms with van der Waals surface area (Å²) in [5.41, 5.74) is 1.84. The molecule has 1 aliphatic heterocycles. The Hall–Kier alpha value is -3.20. The van der Waals surface area contributed by atoms with E-state index >= 15 is 0 Å². The first-order valence-corrected chi connectivity index (χ1v) is 23.5. The average Bonchev–Trinajstić information content (AvgIpc) is 3.50. The van der Waals surface area contributed by atoms with Gasteiger partial charge in [0.25, 0.3) is 5.91 Å². The van der Waals surface area contributed by atoms with Crippen molar-refractivity contribution in [1.82, 2.24) is 20.5 Å². The third kappa shape index (κ3) is 12.1. The number of thiazole rings is 1. The fraction of sp³-hybridized carbons (Fsp3) is 0.683. The van der Waals surface area contributed by atoms with Crippen LogP contribution >= 0.6 is 11.3 Å². The molecule has 1 unspecified atom stereocenters. The normalized spacial score (nSPS) is 18.8. The number of aromatic nitrogens is 1. The number of carbonyl (C=O) groups is 4. The number of ether oxygens (including phenoxy) is 2. The lowest BCUT2D eigenvalue weighted by Gasteiger charge is -2.38. The van der Waals surface area contributed by atoms with Gasteiger partial charge in [0.1, 0.15) is 30.7 Å². The first-order valence-electron chi connectivity index (χ1n) is 19.7. The van der Waals surface area contributed by atoms with Gasteiger partial charge in [-0.25, -0.2) is 9.37 Å². The first-order chi connectivity index (χ1) is 25.8. The van der Waals surface area contributed by atoms with Crippen LogP contribution in [0.1, 0.15) is 104 Å². The summed E-state index contributed by atoms with van der Waals surface area (Å²) >= 11 is 1.56. The standard InChI is InChI=1S/C41H63FN4O7SSi/c1-28-34(54-27-44-28)29-15-16-30(33(23-29)52-21-14-12-10-11-13-20-51-22-19-47)25-43-36(48)32-24-31(53-55(8,9)40(5,6)7)26-46(32)37(49)35(39(2,3)4)45-38(50)41(42)17-18-41/h15-16,19,23,27,31-32,35H,10-14,17-18,20-22,24-26H2,1-9H3,(H,43,48)(H,45,50)/t31?,32-,35+/m0/s1. The number of likely N-dealkylation sites (tertiary alicyclic amines) is 1. The lowest BCUT2D eigenvalue weighted by atomic mass is 9.85. The van der Waals surface area contributed by atoms with E-state index in [1.54, 1.807) is 11.3 Å². The Labute approximate surface area is 332 Å². The minimum atomic E-state index is -2.27. The lowest BCUT2D eigenvalue weighted by Crippen LogP contribution is -2.59. The molecule has 2 heterocycles. The molecule has 2 N–H and O–H groups in total. The number of aldehydes is 1. The van der Waals surface area contributed by atoms with Crippen LogP contribution in [-0.4, -0.2) is 92.4 Å². The number of rotatable bonds is 20. The summed E-state index contributed by atoms with van der Waals surface area (Å²) in [5.74, 6) is -0.862. The number of hydrogen-bond donors (Lipinski definition) is 2. The molecule has 4 rings (SSSR count). The maximum Gasteiger partial charge on any atom is 0.258 e. The van der Waals surface area contributed by atoms with Crippen molar-refractivity contribution in [2.45, 2.75) is 148 Å². The molecule has 1 saturated heterocycles. The zero-order chi connectivity index (χ0) is 40.6. The third-order valence-electron chi connectivity index (χ3n) is 11.0. The van der Waals surface area contributed by atoms with Crippen LogP contribution in [0.15, 0.2) is 23.7 Å². The van der Waals surface area contributed by atoms with Crippen LogP contribution in [0.4, 0.5) is 4.39 Å². The van der Waals surface area contributed by atoms with Crippen molar-refractivity contribution >= 4 is 43.7 Å². The molecule has 0 bridgehead atoms. The van der Waals surface area contributed by atoms with E-state index in [1.165, 1.54) is 4.90 Å². The van der Waals surface area contributed by atoms with Gasteiger partial charge in [-0.1, -0.05) is 72.9 Å². The minimum Gasteiger partial charge on any atom is -0.493 e. The number of amides is 3. The van der Waals surface area contributed by atoms with E-state index in [9.17, 15) is 23.6 Å². The molecule has 14 heteroatoms. The van der Waals surface area contributed by atoms with Gasteiger partial charge in [0, 0.05) is 31.7 Å². The molecule has 55 heavy (non-hydrogen) atoms. The maximum atomic E-state index is 14.8. The van der Waals surface area contributed by atoms with Crippen molar-refractivity contribution in [3.8, 4) is 16.2 Å². The van der Waals surface area contributed by atoms with E-state index in [4.69, 9.17) is 13.9 Å². The SMILES string of the molecule is Cc1ncsc1-c1ccc(CNC(=O)[C@@H]2CC(O[Si](C)(C)C(C)(C)C)CN2C(=O)[C@@H](NC(=O)C2(F)CC2)C(C)(C)C)c(OCCCCCCCOCC=O)c1. The molecule has 2 aromatic rings. The second kappa shape index (κ2) is 18.8. The van der Waals surface area contributed by atoms with Gasteiger partial charge in [-0.05, 0) is 67.8 Å². The second-order valence-corrected chi connectivity index (χ2v) is 23.3. The molecule has 11 nitrogen and oxygen atoms in total. The van der Waals surface area contributed by atoms with Crippen LogP contribution in [0.25, 0.3) is 10.4 Å². The molecular formula is C41H63FN4O7SSi. The van der Waals surface area contributed by atoms with Crippen molar-refractivity contribution in [2.75, 3.05) is 26.4 Å². The average molecular weight is 803 g/mol. The summed E-state index contributed by atoms with van der Waals surface area (Å²) in [7, 11) is -2.27. The van der Waals surface area contributed by atoms with Crippen molar-refractivity contribution in [1.29, 1.82) is 0 Å². The fourth-order valence-electron chi connectivity index (χ4n) is 6.39. The zero-order valence-corrected chi connectivity index (χ0v) is 36.2. The van der Waals surface area contributed by atoms with E-state index in [0.29, 0.717) is 25.4 Å². The molecule has 2 aliphatic rings. The van der Waals surface area contributed by atoms with E-state index in [-0.39, 0.29) is 49.6 Å². The van der Waals surface area contributed by atoms with E-state index in [2.05, 4.69) is 49.5 Å². The third-order valence-corrected chi connectivity index (χ3v) is 16.5. The van der Waals surface area contributed by atoms with Gasteiger partial charge < -0.3 is 34.2 Å². The largest absolute Gasteiger partial charge is 0.493 e. The number of carbonyl (C=O) groups excluding carboxylic acids is 4. The quantitative estimate of drug-likeness (QED) is 0.0809. The predicted molar refractivity (Wildman–Crippen MR) is 216 cm³/mol.